The Morgan fingerprint density at radius 1 is 1.46 bits per heavy atom. The Labute approximate surface area is 77.9 Å². The molecule has 1 heterocycles. The Morgan fingerprint density at radius 3 is 2.69 bits per heavy atom. The van der Waals surface area contributed by atoms with Crippen LogP contribution in [0.1, 0.15) is 10.4 Å². The number of carbonyl (C=O) groups is 2. The summed E-state index contributed by atoms with van der Waals surface area (Å²) >= 11 is 1.19. The number of nitrogen functional groups attached to an aromatic ring is 1. The van der Waals surface area contributed by atoms with E-state index in [0.29, 0.717) is 10.6 Å². The lowest BCUT2D eigenvalue weighted by molar-refractivity contribution is 0.0954. The molecule has 1 aromatic rings. The predicted molar refractivity (Wildman–Crippen MR) is 49.2 cm³/mol. The van der Waals surface area contributed by atoms with Gasteiger partial charge in [-0.3, -0.25) is 15.5 Å². The van der Waals surface area contributed by atoms with Gasteiger partial charge < -0.3 is 5.73 Å². The Balaban J connectivity index is 2.74. The number of carbonyl (C=O) groups excluding carboxylic acids is 2. The van der Waals surface area contributed by atoms with Crippen molar-refractivity contribution in [2.75, 3.05) is 5.32 Å². The maximum absolute atomic E-state index is 10.9. The third-order valence-electron chi connectivity index (χ3n) is 1.24. The third-order valence-corrected chi connectivity index (χ3v) is 2.08. The van der Waals surface area contributed by atoms with Crippen LogP contribution in [0.3, 0.4) is 0 Å². The molecule has 13 heavy (non-hydrogen) atoms. The molecule has 0 fully saturated rings. The summed E-state index contributed by atoms with van der Waals surface area (Å²) in [6.45, 7) is 0. The van der Waals surface area contributed by atoms with Crippen molar-refractivity contribution in [3.8, 4) is 0 Å². The number of urea groups is 1. The number of rotatable bonds is 2. The number of hydrogen-bond acceptors (Lipinski definition) is 4. The van der Waals surface area contributed by atoms with E-state index in [1.165, 1.54) is 17.4 Å². The molecule has 70 valence electrons. The fourth-order valence-corrected chi connectivity index (χ4v) is 1.51. The lowest BCUT2D eigenvalue weighted by Gasteiger charge is -1.94. The molecule has 0 unspecified atom stereocenters. The summed E-state index contributed by atoms with van der Waals surface area (Å²) in [5, 5.41) is 4.41. The molecule has 1 rings (SSSR count). The standard InChI is InChI=1S/C6H8N4O2S/c7-6(12)9-4-1-3(2-13-4)5(11)10-8/h1-2H,8H2,(H,10,11)(H3,7,9,12). The largest absolute Gasteiger partial charge is 0.351 e. The van der Waals surface area contributed by atoms with E-state index < -0.39 is 11.9 Å². The van der Waals surface area contributed by atoms with Crippen LogP contribution in [0.2, 0.25) is 0 Å². The number of nitrogens with two attached hydrogens (primary N) is 2. The van der Waals surface area contributed by atoms with Crippen molar-refractivity contribution in [2.45, 2.75) is 0 Å². The van der Waals surface area contributed by atoms with E-state index in [1.807, 2.05) is 5.43 Å². The second kappa shape index (κ2) is 3.87. The lowest BCUT2D eigenvalue weighted by atomic mass is 10.3. The van der Waals surface area contributed by atoms with Crippen LogP contribution in [0.4, 0.5) is 9.80 Å². The normalized spacial score (nSPS) is 9.31. The molecule has 1 aromatic heterocycles. The van der Waals surface area contributed by atoms with Gasteiger partial charge >= 0.3 is 6.03 Å². The van der Waals surface area contributed by atoms with E-state index >= 15 is 0 Å². The molecule has 0 atom stereocenters. The van der Waals surface area contributed by atoms with Gasteiger partial charge in [-0.2, -0.15) is 0 Å². The maximum Gasteiger partial charge on any atom is 0.317 e. The van der Waals surface area contributed by atoms with Crippen molar-refractivity contribution in [2.24, 2.45) is 11.6 Å². The quantitative estimate of drug-likeness (QED) is 0.302. The molecule has 0 spiro atoms. The Kier molecular flexibility index (Phi) is 2.83. The minimum atomic E-state index is -0.665. The van der Waals surface area contributed by atoms with Crippen molar-refractivity contribution in [3.63, 3.8) is 0 Å². The van der Waals surface area contributed by atoms with Gasteiger partial charge in [0.1, 0.15) is 0 Å². The zero-order valence-corrected chi connectivity index (χ0v) is 7.35. The molecule has 3 amide bonds. The fourth-order valence-electron chi connectivity index (χ4n) is 0.726. The number of thiophene rings is 1. The first-order valence-corrected chi connectivity index (χ1v) is 4.17. The van der Waals surface area contributed by atoms with Gasteiger partial charge in [0.25, 0.3) is 5.91 Å². The molecule has 0 aliphatic carbocycles. The fraction of sp³-hybridized carbons (Fsp3) is 0. The summed E-state index contributed by atoms with van der Waals surface area (Å²) in [4.78, 5) is 21.3. The number of primary amides is 1. The van der Waals surface area contributed by atoms with Gasteiger partial charge in [-0.05, 0) is 6.07 Å². The Bertz CT molecular complexity index is 335. The van der Waals surface area contributed by atoms with Crippen LogP contribution in [-0.2, 0) is 0 Å². The molecule has 7 heteroatoms. The van der Waals surface area contributed by atoms with E-state index in [4.69, 9.17) is 11.6 Å². The number of nitrogens with one attached hydrogen (secondary N) is 2. The van der Waals surface area contributed by atoms with Crippen molar-refractivity contribution >= 4 is 28.3 Å². The van der Waals surface area contributed by atoms with Crippen LogP contribution in [0, 0.1) is 0 Å². The molecule has 0 radical (unpaired) electrons. The Morgan fingerprint density at radius 2 is 2.15 bits per heavy atom. The first-order chi connectivity index (χ1) is 6.13. The van der Waals surface area contributed by atoms with E-state index in [0.717, 1.165) is 0 Å². The smallest absolute Gasteiger partial charge is 0.317 e. The van der Waals surface area contributed by atoms with E-state index in [2.05, 4.69) is 5.32 Å². The first kappa shape index (κ1) is 9.49. The van der Waals surface area contributed by atoms with Crippen LogP contribution >= 0.6 is 11.3 Å². The third kappa shape index (κ3) is 2.42. The van der Waals surface area contributed by atoms with E-state index in [9.17, 15) is 9.59 Å². The Hall–Kier alpha value is -1.60. The SMILES string of the molecule is NNC(=O)c1csc(NC(N)=O)c1. The maximum atomic E-state index is 10.9. The van der Waals surface area contributed by atoms with Crippen molar-refractivity contribution < 1.29 is 9.59 Å². The average Bonchev–Trinajstić information content (AvgIpc) is 2.50. The molecule has 0 aliphatic rings. The van der Waals surface area contributed by atoms with Crippen molar-refractivity contribution in [1.29, 1.82) is 0 Å². The minimum absolute atomic E-state index is 0.385. The number of amides is 3. The average molecular weight is 200 g/mol. The predicted octanol–water partition coefficient (Wildman–Crippen LogP) is -0.158. The van der Waals surface area contributed by atoms with E-state index in [-0.39, 0.29) is 0 Å². The molecule has 0 aromatic carbocycles. The van der Waals surface area contributed by atoms with Gasteiger partial charge in [-0.15, -0.1) is 11.3 Å². The summed E-state index contributed by atoms with van der Waals surface area (Å²) in [5.41, 5.74) is 7.23. The van der Waals surface area contributed by atoms with Gasteiger partial charge in [0.15, 0.2) is 0 Å². The highest BCUT2D eigenvalue weighted by Crippen LogP contribution is 2.19. The summed E-state index contributed by atoms with van der Waals surface area (Å²) < 4.78 is 0. The topological polar surface area (TPSA) is 110 Å². The second-order valence-corrected chi connectivity index (χ2v) is 3.07. The second-order valence-electron chi connectivity index (χ2n) is 2.16. The van der Waals surface area contributed by atoms with Crippen LogP contribution in [-0.4, -0.2) is 11.9 Å². The van der Waals surface area contributed by atoms with Gasteiger partial charge in [-0.25, -0.2) is 10.6 Å². The molecular weight excluding hydrogens is 192 g/mol. The molecule has 6 N–H and O–H groups in total. The van der Waals surface area contributed by atoms with Crippen LogP contribution in [0.5, 0.6) is 0 Å². The van der Waals surface area contributed by atoms with Crippen LogP contribution < -0.4 is 22.3 Å². The first-order valence-electron chi connectivity index (χ1n) is 3.29. The lowest BCUT2D eigenvalue weighted by Crippen LogP contribution is -2.29. The summed E-state index contributed by atoms with van der Waals surface area (Å²) in [6.07, 6.45) is 0. The number of hydrazine groups is 1. The summed E-state index contributed by atoms with van der Waals surface area (Å²) in [7, 11) is 0. The van der Waals surface area contributed by atoms with E-state index in [1.54, 1.807) is 5.38 Å². The zero-order chi connectivity index (χ0) is 9.84. The van der Waals surface area contributed by atoms with Crippen molar-refractivity contribution in [3.05, 3.63) is 17.0 Å². The summed E-state index contributed by atoms with van der Waals surface area (Å²) in [5.74, 6) is 4.50. The highest BCUT2D eigenvalue weighted by Gasteiger charge is 2.07. The highest BCUT2D eigenvalue weighted by atomic mass is 32.1. The highest BCUT2D eigenvalue weighted by molar-refractivity contribution is 7.14. The van der Waals surface area contributed by atoms with Gasteiger partial charge in [0.2, 0.25) is 0 Å². The van der Waals surface area contributed by atoms with Crippen LogP contribution in [0.15, 0.2) is 11.4 Å². The monoisotopic (exact) mass is 200 g/mol. The van der Waals surface area contributed by atoms with Gasteiger partial charge in [-0.1, -0.05) is 0 Å². The van der Waals surface area contributed by atoms with Crippen LogP contribution in [0.25, 0.3) is 0 Å². The number of anilines is 1. The van der Waals surface area contributed by atoms with Gasteiger partial charge in [0.05, 0.1) is 10.6 Å². The molecule has 0 bridgehead atoms. The molecular formula is C6H8N4O2S. The molecule has 6 nitrogen and oxygen atoms in total. The summed E-state index contributed by atoms with van der Waals surface area (Å²) in [6, 6.07) is 0.819. The van der Waals surface area contributed by atoms with Gasteiger partial charge in [0, 0.05) is 5.38 Å². The minimum Gasteiger partial charge on any atom is -0.351 e. The molecule has 0 saturated heterocycles. The zero-order valence-electron chi connectivity index (χ0n) is 6.53. The molecule has 0 saturated carbocycles. The number of hydrogen-bond donors (Lipinski definition) is 4. The molecule has 0 aliphatic heterocycles. The van der Waals surface area contributed by atoms with Crippen molar-refractivity contribution in [1.82, 2.24) is 5.43 Å².